The van der Waals surface area contributed by atoms with Gasteiger partial charge in [0.1, 0.15) is 11.5 Å². The van der Waals surface area contributed by atoms with Crippen LogP contribution in [0.2, 0.25) is 0 Å². The number of para-hydroxylation sites is 6. The number of hydrogen-bond donors (Lipinski definition) is 0. The third kappa shape index (κ3) is 7.23. The molecule has 8 heteroatoms. The van der Waals surface area contributed by atoms with E-state index in [0.717, 1.165) is 90.7 Å². The molecule has 6 nitrogen and oxygen atoms in total. The van der Waals surface area contributed by atoms with Crippen LogP contribution in [0.3, 0.4) is 0 Å². The minimum absolute atomic E-state index is 0.175. The highest BCUT2D eigenvalue weighted by Crippen LogP contribution is 2.53. The van der Waals surface area contributed by atoms with Gasteiger partial charge in [0.25, 0.3) is 13.4 Å². The van der Waals surface area contributed by atoms with E-state index in [9.17, 15) is 0 Å². The van der Waals surface area contributed by atoms with Crippen LogP contribution in [-0.4, -0.2) is 13.4 Å². The molecule has 0 amide bonds. The van der Waals surface area contributed by atoms with Crippen molar-refractivity contribution in [1.29, 1.82) is 0 Å². The van der Waals surface area contributed by atoms with E-state index in [4.69, 9.17) is 4.74 Å². The molecule has 392 valence electrons. The van der Waals surface area contributed by atoms with Gasteiger partial charge in [-0.1, -0.05) is 163 Å². The van der Waals surface area contributed by atoms with E-state index < -0.39 is 0 Å². The zero-order valence-corrected chi connectivity index (χ0v) is 47.0. The molecule has 2 bridgehead atoms. The summed E-state index contributed by atoms with van der Waals surface area (Å²) < 4.78 is 8.15. The number of benzene rings is 11. The van der Waals surface area contributed by atoms with Crippen molar-refractivity contribution < 1.29 is 4.74 Å². The van der Waals surface area contributed by atoms with Crippen LogP contribution >= 0.6 is 0 Å². The zero-order chi connectivity index (χ0) is 55.2. The topological polar surface area (TPSA) is 25.4 Å². The fourth-order valence-corrected chi connectivity index (χ4v) is 13.9. The van der Waals surface area contributed by atoms with E-state index in [1.165, 1.54) is 50.0 Å². The molecule has 5 aliphatic heterocycles. The normalized spacial score (nSPS) is 13.9. The number of anilines is 15. The van der Waals surface area contributed by atoms with Gasteiger partial charge >= 0.3 is 0 Å². The second-order valence-electron chi connectivity index (χ2n) is 24.6. The van der Waals surface area contributed by atoms with E-state index in [0.29, 0.717) is 0 Å². The lowest BCUT2D eigenvalue weighted by Gasteiger charge is -2.49. The highest BCUT2D eigenvalue weighted by Gasteiger charge is 2.51. The molecule has 0 saturated carbocycles. The van der Waals surface area contributed by atoms with Crippen LogP contribution in [0.15, 0.2) is 249 Å². The summed E-state index contributed by atoms with van der Waals surface area (Å²) in [5.74, 6) is 1.65. The molecule has 0 unspecified atom stereocenters. The molecule has 0 N–H and O–H groups in total. The van der Waals surface area contributed by atoms with Gasteiger partial charge in [0.05, 0.1) is 5.69 Å². The molecule has 0 spiro atoms. The van der Waals surface area contributed by atoms with Crippen LogP contribution in [0, 0.1) is 0 Å². The van der Waals surface area contributed by atoms with Crippen molar-refractivity contribution in [3.63, 3.8) is 0 Å². The van der Waals surface area contributed by atoms with Gasteiger partial charge < -0.3 is 29.2 Å². The molecule has 0 aliphatic carbocycles. The number of rotatable bonds is 7. The van der Waals surface area contributed by atoms with Gasteiger partial charge in [-0.05, 0) is 176 Å². The molecule has 82 heavy (non-hydrogen) atoms. The molecular weight excluding hydrogens is 996 g/mol. The monoisotopic (exact) mass is 1060 g/mol. The second-order valence-corrected chi connectivity index (χ2v) is 24.6. The van der Waals surface area contributed by atoms with Gasteiger partial charge in [-0.2, -0.15) is 0 Å². The first-order valence-corrected chi connectivity index (χ1v) is 28.8. The van der Waals surface area contributed by atoms with Gasteiger partial charge in [-0.25, -0.2) is 0 Å². The highest BCUT2D eigenvalue weighted by atomic mass is 16.5. The molecule has 0 radical (unpaired) electrons. The Morgan fingerprint density at radius 3 is 1.05 bits per heavy atom. The fraction of sp³-hybridized carbons (Fsp3) is 0.108. The van der Waals surface area contributed by atoms with Crippen molar-refractivity contribution in [2.45, 2.75) is 52.4 Å². The average Bonchev–Trinajstić information content (AvgIpc) is 1.08. The lowest BCUT2D eigenvalue weighted by atomic mass is 9.29. The Labute approximate surface area is 481 Å². The predicted molar refractivity (Wildman–Crippen MR) is 347 cm³/mol. The first-order chi connectivity index (χ1) is 40.0. The maximum atomic E-state index is 8.15. The summed E-state index contributed by atoms with van der Waals surface area (Å²) in [5.41, 5.74) is 26.1. The number of hydrogen-bond acceptors (Lipinski definition) is 6. The molecule has 11 aromatic carbocycles. The van der Waals surface area contributed by atoms with Crippen molar-refractivity contribution >= 4 is 132 Å². The summed E-state index contributed by atoms with van der Waals surface area (Å²) in [6.45, 7) is 13.6. The first-order valence-electron chi connectivity index (χ1n) is 28.8. The average molecular weight is 1060 g/mol. The van der Waals surface area contributed by atoms with Crippen LogP contribution < -0.4 is 62.0 Å². The third-order valence-electron chi connectivity index (χ3n) is 17.6. The molecule has 5 heterocycles. The third-order valence-corrected chi connectivity index (χ3v) is 17.6. The van der Waals surface area contributed by atoms with E-state index in [1.807, 2.05) is 0 Å². The minimum atomic E-state index is -0.247. The lowest BCUT2D eigenvalue weighted by Crippen LogP contribution is -2.66. The Balaban J connectivity index is 1.11. The molecule has 16 rings (SSSR count). The van der Waals surface area contributed by atoms with Gasteiger partial charge in [0, 0.05) is 85.7 Å². The molecule has 0 saturated heterocycles. The van der Waals surface area contributed by atoms with E-state index >= 15 is 0 Å². The van der Waals surface area contributed by atoms with Crippen LogP contribution in [0.1, 0.15) is 52.7 Å². The van der Waals surface area contributed by atoms with Crippen molar-refractivity contribution in [2.24, 2.45) is 0 Å². The fourth-order valence-electron chi connectivity index (χ4n) is 13.9. The number of nitrogens with zero attached hydrogens (tertiary/aromatic N) is 5. The zero-order valence-electron chi connectivity index (χ0n) is 47.0. The Morgan fingerprint density at radius 1 is 0.293 bits per heavy atom. The van der Waals surface area contributed by atoms with Crippen molar-refractivity contribution in [3.05, 3.63) is 260 Å². The van der Waals surface area contributed by atoms with Crippen LogP contribution in [0.25, 0.3) is 0 Å². The Morgan fingerprint density at radius 2 is 0.646 bits per heavy atom. The summed E-state index contributed by atoms with van der Waals surface area (Å²) in [6, 6.07) is 92.3. The summed E-state index contributed by atoms with van der Waals surface area (Å²) in [7, 11) is 0. The van der Waals surface area contributed by atoms with Crippen molar-refractivity contribution in [2.75, 3.05) is 24.5 Å². The Kier molecular flexibility index (Phi) is 10.6. The molecule has 5 aliphatic rings. The van der Waals surface area contributed by atoms with Gasteiger partial charge in [0.15, 0.2) is 0 Å². The summed E-state index contributed by atoms with van der Waals surface area (Å²) in [4.78, 5) is 12.6. The van der Waals surface area contributed by atoms with Crippen LogP contribution in [0.4, 0.5) is 85.3 Å². The maximum absolute atomic E-state index is 8.15. The summed E-state index contributed by atoms with van der Waals surface area (Å²) >= 11 is 0. The summed E-state index contributed by atoms with van der Waals surface area (Å²) in [6.07, 6.45) is 0. The van der Waals surface area contributed by atoms with E-state index in [2.05, 4.69) is 315 Å². The van der Waals surface area contributed by atoms with E-state index in [1.54, 1.807) is 0 Å². The SMILES string of the molecule is CC(C)(C)c1cc2c3c(c1)N(c1ccccc1)c1cccc4c1B3c1cc3c(cc1N2c1ccccc1)N(c1ccccc1)c1cc(C(C)(C)C)cc2c1B3c1c(cc(N(c3ccccc3)c3ccccc3)cc1N2c1ccccc1)O4. The molecule has 0 aromatic heterocycles. The standard InChI is InChI=1S/C74H59B2N5O/c1-73(2,3)48-40-62-69-63(41-48)79(53-32-19-10-20-33-53)60-47-61-58-46-57(60)75(69)71-59(78(62)52-30-17-9-18-31-52)38-25-39-67(71)82-68-45-56(77(50-26-13-7-14-27-50)51-28-15-8-16-29-51)44-66-72(68)76(58)70-64(80(61)54-34-21-11-22-35-54)42-49(74(4,5)6)43-65(70)81(66)55-36-23-12-24-37-55/h7-47H,1-6H3. The maximum Gasteiger partial charge on any atom is 0.256 e. The number of ether oxygens (including phenoxy) is 1. The van der Waals surface area contributed by atoms with Crippen molar-refractivity contribution in [3.8, 4) is 11.5 Å². The first kappa shape index (κ1) is 48.3. The van der Waals surface area contributed by atoms with Crippen LogP contribution in [0.5, 0.6) is 11.5 Å². The predicted octanol–water partition coefficient (Wildman–Crippen LogP) is 16.0. The van der Waals surface area contributed by atoms with Crippen molar-refractivity contribution in [1.82, 2.24) is 0 Å². The molecule has 11 aromatic rings. The lowest BCUT2D eigenvalue weighted by molar-refractivity contribution is 0.490. The Bertz CT molecular complexity index is 4320. The van der Waals surface area contributed by atoms with E-state index in [-0.39, 0.29) is 24.3 Å². The van der Waals surface area contributed by atoms with Gasteiger partial charge in [0.2, 0.25) is 0 Å². The minimum Gasteiger partial charge on any atom is -0.458 e. The largest absolute Gasteiger partial charge is 0.458 e. The molecule has 0 fully saturated rings. The molecule has 0 atom stereocenters. The van der Waals surface area contributed by atoms with Crippen LogP contribution in [-0.2, 0) is 10.8 Å². The Hall–Kier alpha value is -9.65. The highest BCUT2D eigenvalue weighted by molar-refractivity contribution is 7.03. The van der Waals surface area contributed by atoms with Gasteiger partial charge in [-0.3, -0.25) is 0 Å². The van der Waals surface area contributed by atoms with Gasteiger partial charge in [-0.15, -0.1) is 0 Å². The smallest absolute Gasteiger partial charge is 0.256 e. The quantitative estimate of drug-likeness (QED) is 0.148. The summed E-state index contributed by atoms with van der Waals surface area (Å²) in [5, 5.41) is 0. The second kappa shape index (κ2) is 17.9. The molecular formula is C74H59B2N5O.